The average molecular weight is 292 g/mol. The molecular weight excluding hydrogens is 264 g/mol. The van der Waals surface area contributed by atoms with E-state index in [1.165, 1.54) is 18.4 Å². The van der Waals surface area contributed by atoms with Crippen LogP contribution >= 0.6 is 0 Å². The number of hydrogen-bond acceptors (Lipinski definition) is 4. The molecule has 1 aromatic rings. The molecule has 21 heavy (non-hydrogen) atoms. The van der Waals surface area contributed by atoms with Crippen molar-refractivity contribution < 1.29 is 9.47 Å². The lowest BCUT2D eigenvalue weighted by Gasteiger charge is -2.35. The summed E-state index contributed by atoms with van der Waals surface area (Å²) < 4.78 is 11.1. The third-order valence-electron chi connectivity index (χ3n) is 4.03. The first-order valence-electron chi connectivity index (χ1n) is 8.05. The minimum absolute atomic E-state index is 0.474. The summed E-state index contributed by atoms with van der Waals surface area (Å²) in [7, 11) is 1.69. The van der Waals surface area contributed by atoms with Gasteiger partial charge in [-0.3, -0.25) is 4.90 Å². The van der Waals surface area contributed by atoms with Crippen LogP contribution in [0.5, 0.6) is 11.5 Å². The zero-order valence-electron chi connectivity index (χ0n) is 13.5. The molecule has 0 saturated carbocycles. The van der Waals surface area contributed by atoms with E-state index in [0.29, 0.717) is 12.6 Å². The van der Waals surface area contributed by atoms with Crippen LogP contribution in [0.25, 0.3) is 0 Å². The zero-order valence-corrected chi connectivity index (χ0v) is 13.5. The number of nitrogens with one attached hydrogen (secondary N) is 1. The number of piperazine rings is 1. The highest BCUT2D eigenvalue weighted by atomic mass is 16.5. The molecule has 0 spiro atoms. The molecule has 1 fully saturated rings. The fourth-order valence-corrected chi connectivity index (χ4v) is 3.00. The van der Waals surface area contributed by atoms with E-state index in [2.05, 4.69) is 29.3 Å². The van der Waals surface area contributed by atoms with Gasteiger partial charge in [0.1, 0.15) is 0 Å². The van der Waals surface area contributed by atoms with Crippen molar-refractivity contribution in [2.75, 3.05) is 39.9 Å². The summed E-state index contributed by atoms with van der Waals surface area (Å²) in [5.74, 6) is 1.67. The summed E-state index contributed by atoms with van der Waals surface area (Å²) in [6.45, 7) is 9.30. The average Bonchev–Trinajstić information content (AvgIpc) is 2.54. The van der Waals surface area contributed by atoms with Gasteiger partial charge in [0, 0.05) is 32.2 Å². The number of rotatable bonds is 7. The Bertz CT molecular complexity index is 431. The second-order valence-electron chi connectivity index (χ2n) is 5.43. The van der Waals surface area contributed by atoms with E-state index < -0.39 is 0 Å². The van der Waals surface area contributed by atoms with E-state index in [0.717, 1.165) is 37.7 Å². The third kappa shape index (κ3) is 4.11. The lowest BCUT2D eigenvalue weighted by atomic mass is 9.99. The summed E-state index contributed by atoms with van der Waals surface area (Å²) in [4.78, 5) is 2.58. The Morgan fingerprint density at radius 2 is 1.95 bits per heavy atom. The van der Waals surface area contributed by atoms with Crippen molar-refractivity contribution in [2.24, 2.45) is 0 Å². The maximum atomic E-state index is 5.73. The van der Waals surface area contributed by atoms with Gasteiger partial charge in [-0.25, -0.2) is 0 Å². The summed E-state index contributed by atoms with van der Waals surface area (Å²) in [5.41, 5.74) is 1.34. The number of hydrogen-bond donors (Lipinski definition) is 1. The van der Waals surface area contributed by atoms with Crippen molar-refractivity contribution in [2.45, 2.75) is 32.7 Å². The molecule has 1 N–H and O–H groups in total. The number of ether oxygens (including phenoxy) is 2. The van der Waals surface area contributed by atoms with E-state index >= 15 is 0 Å². The topological polar surface area (TPSA) is 33.7 Å². The van der Waals surface area contributed by atoms with Crippen LogP contribution in [0.1, 0.15) is 38.3 Å². The Kier molecular flexibility index (Phi) is 6.33. The SMILES string of the molecule is CCC[C@@H](c1ccc(OC)c(OCC)c1)N1CCNCC1. The van der Waals surface area contributed by atoms with Gasteiger partial charge in [0.05, 0.1) is 13.7 Å². The largest absolute Gasteiger partial charge is 0.493 e. The van der Waals surface area contributed by atoms with Crippen molar-refractivity contribution in [3.05, 3.63) is 23.8 Å². The molecule has 1 heterocycles. The van der Waals surface area contributed by atoms with Gasteiger partial charge in [-0.2, -0.15) is 0 Å². The van der Waals surface area contributed by atoms with Gasteiger partial charge < -0.3 is 14.8 Å². The summed E-state index contributed by atoms with van der Waals surface area (Å²) in [6, 6.07) is 6.85. The van der Waals surface area contributed by atoms with Gasteiger partial charge in [0.25, 0.3) is 0 Å². The van der Waals surface area contributed by atoms with Crippen molar-refractivity contribution in [1.82, 2.24) is 10.2 Å². The molecule has 0 bridgehead atoms. The first kappa shape index (κ1) is 16.1. The highest BCUT2D eigenvalue weighted by Gasteiger charge is 2.22. The van der Waals surface area contributed by atoms with Gasteiger partial charge in [-0.05, 0) is 31.0 Å². The van der Waals surface area contributed by atoms with Crippen LogP contribution in [0.15, 0.2) is 18.2 Å². The maximum Gasteiger partial charge on any atom is 0.161 e. The maximum absolute atomic E-state index is 5.73. The van der Waals surface area contributed by atoms with Gasteiger partial charge in [-0.1, -0.05) is 19.4 Å². The van der Waals surface area contributed by atoms with Gasteiger partial charge >= 0.3 is 0 Å². The molecule has 1 aliphatic rings. The summed E-state index contributed by atoms with van der Waals surface area (Å²) >= 11 is 0. The standard InChI is InChI=1S/C17H28N2O2/c1-4-6-15(19-11-9-18-10-12-19)14-7-8-16(20-3)17(13-14)21-5-2/h7-8,13,15,18H,4-6,9-12H2,1-3H3/t15-/m0/s1. The molecule has 1 saturated heterocycles. The molecule has 2 rings (SSSR count). The Balaban J connectivity index is 2.24. The van der Waals surface area contributed by atoms with E-state index in [1.807, 2.05) is 13.0 Å². The molecule has 0 radical (unpaired) electrons. The van der Waals surface area contributed by atoms with Gasteiger partial charge in [0.15, 0.2) is 11.5 Å². The molecule has 118 valence electrons. The Morgan fingerprint density at radius 1 is 1.19 bits per heavy atom. The second-order valence-corrected chi connectivity index (χ2v) is 5.43. The smallest absolute Gasteiger partial charge is 0.161 e. The molecule has 4 heteroatoms. The first-order chi connectivity index (χ1) is 10.3. The molecule has 0 amide bonds. The molecule has 4 nitrogen and oxygen atoms in total. The Morgan fingerprint density at radius 3 is 2.57 bits per heavy atom. The highest BCUT2D eigenvalue weighted by molar-refractivity contribution is 5.44. The van der Waals surface area contributed by atoms with E-state index in [4.69, 9.17) is 9.47 Å². The van der Waals surface area contributed by atoms with Crippen molar-refractivity contribution >= 4 is 0 Å². The highest BCUT2D eigenvalue weighted by Crippen LogP contribution is 2.34. The van der Waals surface area contributed by atoms with Crippen LogP contribution in [-0.4, -0.2) is 44.8 Å². The molecule has 0 aliphatic carbocycles. The molecule has 0 aromatic heterocycles. The van der Waals surface area contributed by atoms with E-state index in [9.17, 15) is 0 Å². The zero-order chi connectivity index (χ0) is 15.1. The molecule has 1 aromatic carbocycles. The summed E-state index contributed by atoms with van der Waals surface area (Å²) in [6.07, 6.45) is 2.36. The van der Waals surface area contributed by atoms with Crippen LogP contribution < -0.4 is 14.8 Å². The molecule has 1 aliphatic heterocycles. The van der Waals surface area contributed by atoms with E-state index in [-0.39, 0.29) is 0 Å². The fraction of sp³-hybridized carbons (Fsp3) is 0.647. The Labute approximate surface area is 128 Å². The fourth-order valence-electron chi connectivity index (χ4n) is 3.00. The normalized spacial score (nSPS) is 17.5. The van der Waals surface area contributed by atoms with Crippen molar-refractivity contribution in [1.29, 1.82) is 0 Å². The van der Waals surface area contributed by atoms with Crippen molar-refractivity contribution in [3.8, 4) is 11.5 Å². The van der Waals surface area contributed by atoms with Crippen LogP contribution in [0.2, 0.25) is 0 Å². The van der Waals surface area contributed by atoms with Gasteiger partial charge in [-0.15, -0.1) is 0 Å². The van der Waals surface area contributed by atoms with Crippen LogP contribution in [-0.2, 0) is 0 Å². The van der Waals surface area contributed by atoms with Crippen molar-refractivity contribution in [3.63, 3.8) is 0 Å². The number of methoxy groups -OCH3 is 1. The predicted molar refractivity (Wildman–Crippen MR) is 86.3 cm³/mol. The molecule has 0 unspecified atom stereocenters. The Hall–Kier alpha value is -1.26. The lowest BCUT2D eigenvalue weighted by Crippen LogP contribution is -2.45. The molecule has 1 atom stereocenters. The number of nitrogens with zero attached hydrogens (tertiary/aromatic N) is 1. The third-order valence-corrected chi connectivity index (χ3v) is 4.03. The first-order valence-corrected chi connectivity index (χ1v) is 8.05. The quantitative estimate of drug-likeness (QED) is 0.838. The number of benzene rings is 1. The summed E-state index contributed by atoms with van der Waals surface area (Å²) in [5, 5.41) is 3.43. The lowest BCUT2D eigenvalue weighted by molar-refractivity contribution is 0.164. The van der Waals surface area contributed by atoms with Crippen LogP contribution in [0, 0.1) is 0 Å². The molecular formula is C17H28N2O2. The second kappa shape index (κ2) is 8.25. The minimum atomic E-state index is 0.474. The van der Waals surface area contributed by atoms with Gasteiger partial charge in [0.2, 0.25) is 0 Å². The van der Waals surface area contributed by atoms with Crippen LogP contribution in [0.4, 0.5) is 0 Å². The monoisotopic (exact) mass is 292 g/mol. The van der Waals surface area contributed by atoms with Crippen LogP contribution in [0.3, 0.4) is 0 Å². The minimum Gasteiger partial charge on any atom is -0.493 e. The van der Waals surface area contributed by atoms with E-state index in [1.54, 1.807) is 7.11 Å². The predicted octanol–water partition coefficient (Wildman–Crippen LogP) is 2.84.